The van der Waals surface area contributed by atoms with E-state index in [0.717, 1.165) is 37.3 Å². The number of benzene rings is 1. The van der Waals surface area contributed by atoms with Crippen LogP contribution in [0.3, 0.4) is 0 Å². The highest BCUT2D eigenvalue weighted by Crippen LogP contribution is 2.30. The largest absolute Gasteiger partial charge is 0.508 e. The normalized spacial score (nSPS) is 14.4. The number of halogens is 1. The smallest absolute Gasteiger partial charge is 0.219 e. The Morgan fingerprint density at radius 2 is 2.00 bits per heavy atom. The first kappa shape index (κ1) is 20.3. The molecule has 7 nitrogen and oxygen atoms in total. The first-order chi connectivity index (χ1) is 13.6. The van der Waals surface area contributed by atoms with Crippen molar-refractivity contribution in [2.45, 2.75) is 31.6 Å². The molecule has 0 aliphatic carbocycles. The summed E-state index contributed by atoms with van der Waals surface area (Å²) in [5, 5.41) is 19.7. The van der Waals surface area contributed by atoms with E-state index in [4.69, 9.17) is 16.7 Å². The van der Waals surface area contributed by atoms with Crippen LogP contribution >= 0.6 is 22.9 Å². The number of phenols is 1. The van der Waals surface area contributed by atoms with Crippen LogP contribution in [0.25, 0.3) is 5.69 Å². The number of hydrogen-bond donors (Lipinski definition) is 1. The van der Waals surface area contributed by atoms with Gasteiger partial charge in [-0.3, -0.25) is 4.79 Å². The molecule has 1 aliphatic heterocycles. The van der Waals surface area contributed by atoms with Crippen molar-refractivity contribution in [2.75, 3.05) is 13.1 Å². The average molecular weight is 420 g/mol. The van der Waals surface area contributed by atoms with Gasteiger partial charge in [0.1, 0.15) is 5.75 Å². The van der Waals surface area contributed by atoms with Crippen molar-refractivity contribution in [3.05, 3.63) is 52.7 Å². The quantitative estimate of drug-likeness (QED) is 0.656. The first-order valence-electron chi connectivity index (χ1n) is 8.98. The number of phenolic OH excluding ortho intramolecular Hbond substituents is 1. The number of amides is 1. The van der Waals surface area contributed by atoms with Gasteiger partial charge in [0.25, 0.3) is 0 Å². The van der Waals surface area contributed by atoms with E-state index >= 15 is 0 Å². The maximum Gasteiger partial charge on any atom is 0.219 e. The lowest BCUT2D eigenvalue weighted by molar-refractivity contribution is -0.129. The van der Waals surface area contributed by atoms with Crippen LogP contribution < -0.4 is 0 Å². The summed E-state index contributed by atoms with van der Waals surface area (Å²) in [6, 6.07) is 6.75. The van der Waals surface area contributed by atoms with E-state index in [-0.39, 0.29) is 11.7 Å². The molecular formula is C19H22ClN5O2S. The van der Waals surface area contributed by atoms with Crippen LogP contribution in [-0.2, 0) is 10.7 Å². The van der Waals surface area contributed by atoms with E-state index in [2.05, 4.69) is 15.3 Å². The first-order valence-corrected chi connectivity index (χ1v) is 10.4. The average Bonchev–Trinajstić information content (AvgIpc) is 3.41. The van der Waals surface area contributed by atoms with Gasteiger partial charge >= 0.3 is 0 Å². The van der Waals surface area contributed by atoms with E-state index in [1.165, 1.54) is 5.01 Å². The second-order valence-electron chi connectivity index (χ2n) is 6.46. The molecule has 1 saturated heterocycles. The van der Waals surface area contributed by atoms with Gasteiger partial charge in [-0.05, 0) is 37.1 Å². The van der Waals surface area contributed by atoms with Gasteiger partial charge < -0.3 is 10.0 Å². The van der Waals surface area contributed by atoms with Gasteiger partial charge in [0.2, 0.25) is 5.91 Å². The number of nitrogens with zero attached hydrogens (tertiary/aromatic N) is 5. The number of aromatic hydroxyl groups is 1. The lowest BCUT2D eigenvalue weighted by Gasteiger charge is -2.30. The monoisotopic (exact) mass is 419 g/mol. The van der Waals surface area contributed by atoms with Crippen molar-refractivity contribution < 1.29 is 9.90 Å². The van der Waals surface area contributed by atoms with Crippen molar-refractivity contribution in [1.29, 1.82) is 0 Å². The summed E-state index contributed by atoms with van der Waals surface area (Å²) in [5.74, 6) is 1.43. The number of rotatable bonds is 3. The Labute approximate surface area is 172 Å². The molecule has 1 aliphatic rings. The summed E-state index contributed by atoms with van der Waals surface area (Å²) >= 11 is 7.43. The van der Waals surface area contributed by atoms with Crippen LogP contribution in [0.15, 0.2) is 42.0 Å². The van der Waals surface area contributed by atoms with Crippen molar-refractivity contribution >= 4 is 28.8 Å². The predicted octanol–water partition coefficient (Wildman–Crippen LogP) is 3.58. The number of hydrogen-bond acceptors (Lipinski definition) is 6. The Kier molecular flexibility index (Phi) is 7.00. The number of likely N-dealkylation sites (tertiary alicyclic amines) is 1. The number of alkyl halides is 1. The molecule has 9 heteroatoms. The van der Waals surface area contributed by atoms with Crippen molar-refractivity contribution in [2.24, 2.45) is 0 Å². The van der Waals surface area contributed by atoms with E-state index < -0.39 is 0 Å². The number of carbonyl (C=O) groups is 1. The van der Waals surface area contributed by atoms with Gasteiger partial charge in [-0.25, -0.2) is 9.67 Å². The minimum Gasteiger partial charge on any atom is -0.508 e. The van der Waals surface area contributed by atoms with Crippen LogP contribution in [0.5, 0.6) is 5.75 Å². The standard InChI is InChI=1S/C11H15ClN2OS.C8H7N3O/c1-8(15)14-4-2-9(3-5-14)11-13-10(6-12)7-16-11;12-8-3-1-7(2-4-8)11-6-5-9-10-11/h7,9H,2-6H2,1H3;1-6,12H. The highest BCUT2D eigenvalue weighted by atomic mass is 35.5. The lowest BCUT2D eigenvalue weighted by Crippen LogP contribution is -2.36. The van der Waals surface area contributed by atoms with E-state index in [9.17, 15) is 4.79 Å². The molecule has 1 fully saturated rings. The second-order valence-corrected chi connectivity index (χ2v) is 7.61. The minimum absolute atomic E-state index is 0.180. The van der Waals surface area contributed by atoms with Crippen LogP contribution in [0.2, 0.25) is 0 Å². The Hall–Kier alpha value is -2.45. The van der Waals surface area contributed by atoms with E-state index in [1.54, 1.807) is 59.6 Å². The number of carbonyl (C=O) groups excluding carboxylic acids is 1. The Bertz CT molecular complexity index is 874. The summed E-state index contributed by atoms with van der Waals surface area (Å²) in [6.45, 7) is 3.35. The molecule has 3 heterocycles. The Morgan fingerprint density at radius 3 is 2.54 bits per heavy atom. The van der Waals surface area contributed by atoms with E-state index in [0.29, 0.717) is 11.8 Å². The number of aromatic nitrogens is 4. The fourth-order valence-electron chi connectivity index (χ4n) is 2.96. The second kappa shape index (κ2) is 9.66. The summed E-state index contributed by atoms with van der Waals surface area (Å²) < 4.78 is 1.62. The summed E-state index contributed by atoms with van der Waals surface area (Å²) in [4.78, 5) is 17.6. The Balaban J connectivity index is 0.000000167. The summed E-state index contributed by atoms with van der Waals surface area (Å²) in [6.07, 6.45) is 5.39. The van der Waals surface area contributed by atoms with Gasteiger partial charge in [-0.15, -0.1) is 28.0 Å². The molecule has 4 rings (SSSR count). The van der Waals surface area contributed by atoms with Crippen molar-refractivity contribution in [3.8, 4) is 11.4 Å². The molecule has 28 heavy (non-hydrogen) atoms. The SMILES string of the molecule is CC(=O)N1CCC(c2nc(CCl)cs2)CC1.Oc1ccc(-n2ccnn2)cc1. The van der Waals surface area contributed by atoms with Gasteiger partial charge in [0.15, 0.2) is 0 Å². The fourth-order valence-corrected chi connectivity index (χ4v) is 4.18. The molecule has 3 aromatic rings. The zero-order valence-electron chi connectivity index (χ0n) is 15.5. The molecule has 0 radical (unpaired) electrons. The van der Waals surface area contributed by atoms with Gasteiger partial charge in [0, 0.05) is 31.3 Å². The molecule has 2 aromatic heterocycles. The van der Waals surface area contributed by atoms with Crippen LogP contribution in [0.4, 0.5) is 0 Å². The Morgan fingerprint density at radius 1 is 1.29 bits per heavy atom. The molecule has 0 unspecified atom stereocenters. The van der Waals surface area contributed by atoms with Crippen molar-refractivity contribution in [3.63, 3.8) is 0 Å². The van der Waals surface area contributed by atoms with Gasteiger partial charge in [-0.1, -0.05) is 5.21 Å². The summed E-state index contributed by atoms with van der Waals surface area (Å²) in [7, 11) is 0. The third-order valence-corrected chi connectivity index (χ3v) is 5.86. The van der Waals surface area contributed by atoms with Crippen LogP contribution in [-0.4, -0.2) is 49.0 Å². The van der Waals surface area contributed by atoms with Crippen LogP contribution in [0.1, 0.15) is 36.4 Å². The predicted molar refractivity (Wildman–Crippen MR) is 109 cm³/mol. The number of thiazole rings is 1. The van der Waals surface area contributed by atoms with Gasteiger partial charge in [-0.2, -0.15) is 0 Å². The minimum atomic E-state index is 0.180. The molecular weight excluding hydrogens is 398 g/mol. The maximum absolute atomic E-state index is 11.2. The molecule has 0 bridgehead atoms. The zero-order valence-corrected chi connectivity index (χ0v) is 17.1. The molecule has 148 valence electrons. The third kappa shape index (κ3) is 5.30. The maximum atomic E-state index is 11.2. The number of piperidine rings is 1. The van der Waals surface area contributed by atoms with Crippen molar-refractivity contribution in [1.82, 2.24) is 24.9 Å². The topological polar surface area (TPSA) is 84.1 Å². The molecule has 0 spiro atoms. The van der Waals surface area contributed by atoms with E-state index in [1.807, 2.05) is 10.3 Å². The third-order valence-electron chi connectivity index (χ3n) is 4.53. The lowest BCUT2D eigenvalue weighted by atomic mass is 9.97. The highest BCUT2D eigenvalue weighted by Gasteiger charge is 2.23. The fraction of sp³-hybridized carbons (Fsp3) is 0.368. The molecule has 1 aromatic carbocycles. The van der Waals surface area contributed by atoms with Gasteiger partial charge in [0.05, 0.1) is 34.7 Å². The molecule has 1 N–H and O–H groups in total. The highest BCUT2D eigenvalue weighted by molar-refractivity contribution is 7.09. The molecule has 0 saturated carbocycles. The molecule has 1 amide bonds. The van der Waals surface area contributed by atoms with Crippen LogP contribution in [0, 0.1) is 0 Å². The molecule has 0 atom stereocenters. The summed E-state index contributed by atoms with van der Waals surface area (Å²) in [5.41, 5.74) is 1.85. The zero-order chi connectivity index (χ0) is 19.9.